The van der Waals surface area contributed by atoms with Crippen LogP contribution in [0.3, 0.4) is 0 Å². The maximum absolute atomic E-state index is 14.1. The second kappa shape index (κ2) is 10.9. The number of alkyl halides is 1. The fourth-order valence-corrected chi connectivity index (χ4v) is 8.00. The summed E-state index contributed by atoms with van der Waals surface area (Å²) in [5.74, 6) is -2.13. The van der Waals surface area contributed by atoms with E-state index in [1.54, 1.807) is 4.90 Å². The highest BCUT2D eigenvalue weighted by Gasteiger charge is 2.76. The Balaban J connectivity index is 1.65. The third kappa shape index (κ3) is 5.65. The van der Waals surface area contributed by atoms with Crippen molar-refractivity contribution < 1.29 is 24.2 Å². The normalized spacial score (nSPS) is 30.4. The third-order valence-corrected chi connectivity index (χ3v) is 8.72. The zero-order valence-electron chi connectivity index (χ0n) is 23.1. The molecule has 6 atom stereocenters. The topological polar surface area (TPSA) is 108 Å². The van der Waals surface area contributed by atoms with Gasteiger partial charge in [-0.3, -0.25) is 14.4 Å². The maximum atomic E-state index is 14.1. The van der Waals surface area contributed by atoms with E-state index in [1.807, 2.05) is 44.2 Å². The number of nitrogens with one attached hydrogen (secondary N) is 2. The van der Waals surface area contributed by atoms with Crippen LogP contribution in [0.5, 0.6) is 0 Å². The Kier molecular flexibility index (Phi) is 8.32. The second-order valence-corrected chi connectivity index (χ2v) is 14.1. The summed E-state index contributed by atoms with van der Waals surface area (Å²) >= 11 is 3.72. The first-order valence-electron chi connectivity index (χ1n) is 13.7. The number of hydrogen-bond donors (Lipinski definition) is 3. The van der Waals surface area contributed by atoms with Crippen LogP contribution in [-0.4, -0.2) is 69.0 Å². The van der Waals surface area contributed by atoms with Gasteiger partial charge in [0.15, 0.2) is 0 Å². The molecule has 0 radical (unpaired) electrons. The predicted octanol–water partition coefficient (Wildman–Crippen LogP) is 3.87. The predicted molar refractivity (Wildman–Crippen MR) is 150 cm³/mol. The zero-order chi connectivity index (χ0) is 27.9. The molecule has 3 amide bonds. The van der Waals surface area contributed by atoms with Gasteiger partial charge in [0.05, 0.1) is 17.9 Å². The van der Waals surface area contributed by atoms with Gasteiger partial charge in [-0.05, 0) is 63.5 Å². The lowest BCUT2D eigenvalue weighted by Crippen LogP contribution is -2.59. The minimum absolute atomic E-state index is 0.00301. The molecular formula is C29H42BrN3O5. The van der Waals surface area contributed by atoms with E-state index >= 15 is 0 Å². The number of unbranched alkanes of at least 4 members (excludes halogenated alkanes) is 2. The van der Waals surface area contributed by atoms with Crippen molar-refractivity contribution in [3.8, 4) is 0 Å². The molecule has 2 bridgehead atoms. The average Bonchev–Trinajstić information content (AvgIpc) is 3.39. The molecule has 4 rings (SSSR count). The number of anilines is 1. The molecule has 3 aliphatic heterocycles. The molecule has 210 valence electrons. The van der Waals surface area contributed by atoms with E-state index in [-0.39, 0.29) is 34.6 Å². The lowest BCUT2D eigenvalue weighted by molar-refractivity contribution is -0.142. The van der Waals surface area contributed by atoms with Crippen molar-refractivity contribution >= 4 is 39.3 Å². The molecule has 3 N–H and O–H groups in total. The van der Waals surface area contributed by atoms with Crippen LogP contribution in [0, 0.1) is 17.3 Å². The molecule has 3 aliphatic rings. The molecule has 0 saturated carbocycles. The van der Waals surface area contributed by atoms with Crippen LogP contribution in [0.2, 0.25) is 0 Å². The summed E-state index contributed by atoms with van der Waals surface area (Å²) in [7, 11) is 0. The summed E-state index contributed by atoms with van der Waals surface area (Å²) in [6.45, 7) is 10.9. The van der Waals surface area contributed by atoms with E-state index in [4.69, 9.17) is 4.74 Å². The molecule has 3 fully saturated rings. The van der Waals surface area contributed by atoms with Crippen molar-refractivity contribution in [3.63, 3.8) is 0 Å². The molecule has 1 aromatic rings. The lowest BCUT2D eigenvalue weighted by Gasteiger charge is -2.38. The van der Waals surface area contributed by atoms with Crippen LogP contribution >= 0.6 is 15.9 Å². The summed E-state index contributed by atoms with van der Waals surface area (Å²) < 4.78 is 6.57. The van der Waals surface area contributed by atoms with Crippen LogP contribution in [0.25, 0.3) is 0 Å². The van der Waals surface area contributed by atoms with Crippen LogP contribution < -0.4 is 10.6 Å². The maximum Gasteiger partial charge on any atom is 0.246 e. The number of rotatable bonds is 10. The van der Waals surface area contributed by atoms with Crippen molar-refractivity contribution in [3.05, 3.63) is 30.3 Å². The van der Waals surface area contributed by atoms with Gasteiger partial charge in [-0.15, -0.1) is 0 Å². The highest BCUT2D eigenvalue weighted by atomic mass is 79.9. The van der Waals surface area contributed by atoms with Crippen molar-refractivity contribution in [2.24, 2.45) is 17.3 Å². The van der Waals surface area contributed by atoms with Gasteiger partial charge < -0.3 is 25.4 Å². The minimum atomic E-state index is -1.08. The summed E-state index contributed by atoms with van der Waals surface area (Å²) in [5.41, 5.74) is -0.917. The highest BCUT2D eigenvalue weighted by molar-refractivity contribution is 9.09. The van der Waals surface area contributed by atoms with Gasteiger partial charge in [-0.1, -0.05) is 54.9 Å². The van der Waals surface area contributed by atoms with E-state index in [1.165, 1.54) is 0 Å². The summed E-state index contributed by atoms with van der Waals surface area (Å²) in [6, 6.07) is 8.36. The van der Waals surface area contributed by atoms with Gasteiger partial charge in [0.25, 0.3) is 0 Å². The van der Waals surface area contributed by atoms with E-state index in [2.05, 4.69) is 47.3 Å². The quantitative estimate of drug-likeness (QED) is 0.283. The summed E-state index contributed by atoms with van der Waals surface area (Å²) in [5, 5.41) is 15.4. The lowest BCUT2D eigenvalue weighted by atomic mass is 9.70. The van der Waals surface area contributed by atoms with Gasteiger partial charge >= 0.3 is 0 Å². The molecule has 0 aromatic heterocycles. The molecule has 8 nitrogen and oxygen atoms in total. The van der Waals surface area contributed by atoms with Crippen molar-refractivity contribution in [1.29, 1.82) is 0 Å². The second-order valence-electron chi connectivity index (χ2n) is 12.9. The molecule has 3 saturated heterocycles. The van der Waals surface area contributed by atoms with Gasteiger partial charge in [0.2, 0.25) is 17.7 Å². The Morgan fingerprint density at radius 3 is 2.42 bits per heavy atom. The number of amides is 3. The van der Waals surface area contributed by atoms with Gasteiger partial charge in [0.1, 0.15) is 11.6 Å². The fraction of sp³-hybridized carbons (Fsp3) is 0.690. The first-order valence-corrected chi connectivity index (χ1v) is 14.6. The van der Waals surface area contributed by atoms with Crippen LogP contribution in [-0.2, 0) is 19.1 Å². The van der Waals surface area contributed by atoms with E-state index in [0.29, 0.717) is 31.5 Å². The molecule has 3 unspecified atom stereocenters. The van der Waals surface area contributed by atoms with Gasteiger partial charge in [-0.25, -0.2) is 0 Å². The summed E-state index contributed by atoms with van der Waals surface area (Å²) in [4.78, 5) is 43.2. The zero-order valence-corrected chi connectivity index (χ0v) is 24.7. The Labute approximate surface area is 234 Å². The Morgan fingerprint density at radius 2 is 1.79 bits per heavy atom. The molecule has 0 aliphatic carbocycles. The number of aliphatic hydroxyl groups is 1. The van der Waals surface area contributed by atoms with Crippen LogP contribution in [0.15, 0.2) is 30.3 Å². The van der Waals surface area contributed by atoms with E-state index in [9.17, 15) is 19.5 Å². The number of carbonyl (C=O) groups excluding carboxylic acids is 3. The number of halogens is 1. The number of para-hydroxylation sites is 1. The molecule has 1 aromatic carbocycles. The third-order valence-electron chi connectivity index (χ3n) is 7.87. The Hall–Kier alpha value is -1.97. The molecule has 38 heavy (non-hydrogen) atoms. The number of ether oxygens (including phenoxy) is 1. The van der Waals surface area contributed by atoms with Crippen molar-refractivity contribution in [2.45, 2.75) is 94.8 Å². The number of aliphatic hydroxyl groups excluding tert-OH is 1. The van der Waals surface area contributed by atoms with Gasteiger partial charge in [-0.2, -0.15) is 0 Å². The SMILES string of the molecule is CC(C)(C)CC(C)(C)NC(=O)C1N(CCCCCO)C(=O)[C@@H]2[C@H](C(=O)Nc3ccccc3)[C@H]3OC12CC3Br. The molecular weight excluding hydrogens is 550 g/mol. The monoisotopic (exact) mass is 591 g/mol. The number of carbonyl (C=O) groups is 3. The minimum Gasteiger partial charge on any atom is -0.396 e. The highest BCUT2D eigenvalue weighted by Crippen LogP contribution is 2.60. The summed E-state index contributed by atoms with van der Waals surface area (Å²) in [6.07, 6.45) is 2.77. The largest absolute Gasteiger partial charge is 0.396 e. The smallest absolute Gasteiger partial charge is 0.246 e. The van der Waals surface area contributed by atoms with Crippen LogP contribution in [0.1, 0.15) is 66.7 Å². The number of nitrogens with zero attached hydrogens (tertiary/aromatic N) is 1. The van der Waals surface area contributed by atoms with E-state index < -0.39 is 35.1 Å². The Bertz CT molecular complexity index is 1040. The number of hydrogen-bond acceptors (Lipinski definition) is 5. The number of likely N-dealkylation sites (tertiary alicyclic amines) is 1. The Morgan fingerprint density at radius 1 is 1.11 bits per heavy atom. The molecule has 9 heteroatoms. The molecule has 1 spiro atoms. The van der Waals surface area contributed by atoms with Crippen LogP contribution in [0.4, 0.5) is 5.69 Å². The number of benzene rings is 1. The average molecular weight is 593 g/mol. The first kappa shape index (κ1) is 29.0. The first-order chi connectivity index (χ1) is 17.8. The van der Waals surface area contributed by atoms with Crippen molar-refractivity contribution in [2.75, 3.05) is 18.5 Å². The van der Waals surface area contributed by atoms with E-state index in [0.717, 1.165) is 12.8 Å². The van der Waals surface area contributed by atoms with Gasteiger partial charge in [0, 0.05) is 29.2 Å². The molecule has 3 heterocycles. The number of fused-ring (bicyclic) bond motifs is 1. The van der Waals surface area contributed by atoms with Crippen molar-refractivity contribution in [1.82, 2.24) is 10.2 Å². The standard InChI is InChI=1S/C29H42BrN3O5/c1-27(2,3)17-28(4,5)32-25(36)23-29-16-19(30)22(38-29)20(24(35)31-18-12-8-6-9-13-18)21(29)26(37)33(23)14-10-7-11-15-34/h6,8-9,12-13,19-23,34H,7,10-11,14-17H2,1-5H3,(H,31,35)(H,32,36)/t19?,20-,21-,22-,23?,29?/m0/s1. The fourth-order valence-electron chi connectivity index (χ4n) is 7.06.